The highest BCUT2D eigenvalue weighted by molar-refractivity contribution is 4.95. The molecule has 2 aliphatic heterocycles. The van der Waals surface area contributed by atoms with Gasteiger partial charge in [0.15, 0.2) is 5.79 Å². The maximum absolute atomic E-state index is 9.39. The van der Waals surface area contributed by atoms with E-state index >= 15 is 0 Å². The van der Waals surface area contributed by atoms with Gasteiger partial charge in [-0.25, -0.2) is 0 Å². The average molecular weight is 202 g/mol. The van der Waals surface area contributed by atoms with Crippen molar-refractivity contribution < 1.29 is 19.3 Å². The summed E-state index contributed by atoms with van der Waals surface area (Å²) in [5.41, 5.74) is -0.520. The molecule has 2 aliphatic rings. The van der Waals surface area contributed by atoms with Crippen molar-refractivity contribution in [3.8, 4) is 0 Å². The molecule has 14 heavy (non-hydrogen) atoms. The predicted molar refractivity (Wildman–Crippen MR) is 49.9 cm³/mol. The summed E-state index contributed by atoms with van der Waals surface area (Å²) in [6, 6.07) is 0. The minimum Gasteiger partial charge on any atom is -0.393 e. The lowest BCUT2D eigenvalue weighted by molar-refractivity contribution is -0.180. The smallest absolute Gasteiger partial charge is 0.163 e. The molecule has 0 aliphatic carbocycles. The maximum Gasteiger partial charge on any atom is 0.163 e. The topological polar surface area (TPSA) is 47.9 Å². The first-order valence-corrected chi connectivity index (χ1v) is 5.15. The number of rotatable bonds is 2. The summed E-state index contributed by atoms with van der Waals surface area (Å²) >= 11 is 0. The van der Waals surface area contributed by atoms with Gasteiger partial charge in [-0.3, -0.25) is 0 Å². The molecule has 0 bridgehead atoms. The van der Waals surface area contributed by atoms with Gasteiger partial charge in [-0.05, 0) is 26.7 Å². The van der Waals surface area contributed by atoms with Crippen LogP contribution in [0.2, 0.25) is 0 Å². The highest BCUT2D eigenvalue weighted by Crippen LogP contribution is 2.36. The quantitative estimate of drug-likeness (QED) is 0.715. The van der Waals surface area contributed by atoms with E-state index in [-0.39, 0.29) is 12.7 Å². The number of aliphatic hydroxyl groups is 1. The minimum atomic E-state index is -0.543. The first-order valence-electron chi connectivity index (χ1n) is 5.15. The normalized spacial score (nSPS) is 41.8. The van der Waals surface area contributed by atoms with Gasteiger partial charge in [0.1, 0.15) is 11.7 Å². The molecule has 0 radical (unpaired) electrons. The molecule has 0 aromatic rings. The van der Waals surface area contributed by atoms with Gasteiger partial charge in [-0.15, -0.1) is 0 Å². The lowest BCUT2D eigenvalue weighted by Crippen LogP contribution is -2.47. The maximum atomic E-state index is 9.39. The first-order chi connectivity index (χ1) is 6.58. The average Bonchev–Trinajstić information content (AvgIpc) is 2.72. The number of ether oxygens (including phenoxy) is 3. The van der Waals surface area contributed by atoms with E-state index in [9.17, 15) is 5.11 Å². The van der Waals surface area contributed by atoms with Gasteiger partial charge >= 0.3 is 0 Å². The molecule has 82 valence electrons. The molecule has 4 heteroatoms. The van der Waals surface area contributed by atoms with Crippen molar-refractivity contribution in [2.45, 2.75) is 44.2 Å². The molecule has 0 spiro atoms. The Kier molecular flexibility index (Phi) is 2.55. The van der Waals surface area contributed by atoms with Crippen LogP contribution in [-0.2, 0) is 14.2 Å². The Hall–Kier alpha value is -0.160. The zero-order valence-corrected chi connectivity index (χ0v) is 8.78. The number of hydrogen-bond acceptors (Lipinski definition) is 4. The first kappa shape index (κ1) is 10.4. The Bertz CT molecular complexity index is 208. The van der Waals surface area contributed by atoms with E-state index < -0.39 is 11.4 Å². The Balaban J connectivity index is 2.07. The van der Waals surface area contributed by atoms with Crippen LogP contribution in [-0.4, -0.2) is 42.4 Å². The molecule has 2 saturated heterocycles. The fourth-order valence-electron chi connectivity index (χ4n) is 2.15. The summed E-state index contributed by atoms with van der Waals surface area (Å²) in [7, 11) is 0. The molecule has 1 N–H and O–H groups in total. The second kappa shape index (κ2) is 3.45. The van der Waals surface area contributed by atoms with Gasteiger partial charge in [0.25, 0.3) is 0 Å². The molecule has 0 amide bonds. The van der Waals surface area contributed by atoms with E-state index in [2.05, 4.69) is 0 Å². The van der Waals surface area contributed by atoms with Crippen molar-refractivity contribution in [3.63, 3.8) is 0 Å². The summed E-state index contributed by atoms with van der Waals surface area (Å²) in [6.07, 6.45) is 1.71. The van der Waals surface area contributed by atoms with Crippen molar-refractivity contribution in [2.24, 2.45) is 0 Å². The van der Waals surface area contributed by atoms with Gasteiger partial charge in [0.05, 0.1) is 13.2 Å². The monoisotopic (exact) mass is 202 g/mol. The zero-order chi connectivity index (χ0) is 10.2. The second-order valence-electron chi connectivity index (χ2n) is 4.49. The highest BCUT2D eigenvalue weighted by atomic mass is 16.8. The lowest BCUT2D eigenvalue weighted by atomic mass is 9.94. The molecule has 4 nitrogen and oxygen atoms in total. The van der Waals surface area contributed by atoms with Gasteiger partial charge in [-0.1, -0.05) is 0 Å². The Morgan fingerprint density at radius 1 is 1.36 bits per heavy atom. The van der Waals surface area contributed by atoms with E-state index in [1.54, 1.807) is 0 Å². The van der Waals surface area contributed by atoms with Crippen molar-refractivity contribution >= 4 is 0 Å². The van der Waals surface area contributed by atoms with Gasteiger partial charge < -0.3 is 19.3 Å². The summed E-state index contributed by atoms with van der Waals surface area (Å²) in [4.78, 5) is 0. The van der Waals surface area contributed by atoms with Crippen LogP contribution in [0, 0.1) is 0 Å². The fourth-order valence-corrected chi connectivity index (χ4v) is 2.15. The Labute approximate surface area is 84.1 Å². The van der Waals surface area contributed by atoms with Crippen LogP contribution < -0.4 is 0 Å². The molecule has 2 fully saturated rings. The van der Waals surface area contributed by atoms with Gasteiger partial charge in [0.2, 0.25) is 0 Å². The Morgan fingerprint density at radius 2 is 2.14 bits per heavy atom. The van der Waals surface area contributed by atoms with Crippen LogP contribution in [0.1, 0.15) is 26.7 Å². The van der Waals surface area contributed by atoms with Crippen LogP contribution in [0.15, 0.2) is 0 Å². The van der Waals surface area contributed by atoms with Crippen LogP contribution in [0.4, 0.5) is 0 Å². The molecule has 2 heterocycles. The largest absolute Gasteiger partial charge is 0.393 e. The van der Waals surface area contributed by atoms with Crippen molar-refractivity contribution in [1.82, 2.24) is 0 Å². The summed E-state index contributed by atoms with van der Waals surface area (Å²) in [5.74, 6) is -0.543. The lowest BCUT2D eigenvalue weighted by Gasteiger charge is -2.31. The van der Waals surface area contributed by atoms with E-state index in [1.165, 1.54) is 0 Å². The molecule has 2 atom stereocenters. The molecule has 2 unspecified atom stereocenters. The van der Waals surface area contributed by atoms with Crippen molar-refractivity contribution in [2.75, 3.05) is 19.8 Å². The number of aliphatic hydroxyl groups excluding tert-OH is 1. The van der Waals surface area contributed by atoms with E-state index in [1.807, 2.05) is 13.8 Å². The van der Waals surface area contributed by atoms with E-state index in [0.29, 0.717) is 13.2 Å². The third-order valence-electron chi connectivity index (χ3n) is 3.00. The van der Waals surface area contributed by atoms with E-state index in [0.717, 1.165) is 12.8 Å². The zero-order valence-electron chi connectivity index (χ0n) is 8.78. The molecule has 0 saturated carbocycles. The molecular formula is C10H18O4. The number of hydrogen-bond donors (Lipinski definition) is 1. The van der Waals surface area contributed by atoms with Crippen LogP contribution in [0.25, 0.3) is 0 Å². The summed E-state index contributed by atoms with van der Waals surface area (Å²) < 4.78 is 16.8. The third-order valence-corrected chi connectivity index (χ3v) is 3.00. The SMILES string of the molecule is CC1(C)OCC(C2(CO)CCCO2)O1. The molecular weight excluding hydrogens is 184 g/mol. The second-order valence-corrected chi connectivity index (χ2v) is 4.49. The fraction of sp³-hybridized carbons (Fsp3) is 1.00. The third kappa shape index (κ3) is 1.67. The van der Waals surface area contributed by atoms with E-state index in [4.69, 9.17) is 14.2 Å². The predicted octanol–water partition coefficient (Wildman–Crippen LogP) is 0.679. The van der Waals surface area contributed by atoms with Gasteiger partial charge in [-0.2, -0.15) is 0 Å². The van der Waals surface area contributed by atoms with Crippen LogP contribution >= 0.6 is 0 Å². The standard InChI is InChI=1S/C10H18O4/c1-9(2)13-6-8(14-9)10(7-11)4-3-5-12-10/h8,11H,3-7H2,1-2H3. The molecule has 2 rings (SSSR count). The van der Waals surface area contributed by atoms with Crippen LogP contribution in [0.5, 0.6) is 0 Å². The van der Waals surface area contributed by atoms with Crippen molar-refractivity contribution in [1.29, 1.82) is 0 Å². The van der Waals surface area contributed by atoms with Gasteiger partial charge in [0, 0.05) is 6.61 Å². The summed E-state index contributed by atoms with van der Waals surface area (Å²) in [6.45, 7) is 4.99. The highest BCUT2D eigenvalue weighted by Gasteiger charge is 2.49. The van der Waals surface area contributed by atoms with Crippen LogP contribution in [0.3, 0.4) is 0 Å². The van der Waals surface area contributed by atoms with Crippen molar-refractivity contribution in [3.05, 3.63) is 0 Å². The molecule has 0 aromatic heterocycles. The summed E-state index contributed by atoms with van der Waals surface area (Å²) in [5, 5.41) is 9.39. The molecule has 0 aromatic carbocycles. The minimum absolute atomic E-state index is 0.0110. The Morgan fingerprint density at radius 3 is 2.57 bits per heavy atom.